The van der Waals surface area contributed by atoms with Crippen LogP contribution in [0.1, 0.15) is 25.3 Å². The molecule has 7 nitrogen and oxygen atoms in total. The number of aliphatic imine (C=N–C) groups is 1. The van der Waals surface area contributed by atoms with E-state index in [0.717, 1.165) is 58.1 Å². The maximum Gasteiger partial charge on any atom is 0.234 e. The third kappa shape index (κ3) is 7.01. The molecule has 1 saturated carbocycles. The van der Waals surface area contributed by atoms with Crippen molar-refractivity contribution < 1.29 is 4.79 Å². The van der Waals surface area contributed by atoms with E-state index >= 15 is 0 Å². The van der Waals surface area contributed by atoms with Crippen molar-refractivity contribution in [1.82, 2.24) is 25.3 Å². The van der Waals surface area contributed by atoms with Crippen molar-refractivity contribution in [3.63, 3.8) is 0 Å². The van der Waals surface area contributed by atoms with Gasteiger partial charge >= 0.3 is 0 Å². The van der Waals surface area contributed by atoms with Crippen LogP contribution in [-0.4, -0.2) is 92.0 Å². The van der Waals surface area contributed by atoms with Gasteiger partial charge in [-0.25, -0.2) is 0 Å². The molecule has 29 heavy (non-hydrogen) atoms. The summed E-state index contributed by atoms with van der Waals surface area (Å²) in [5, 5.41) is 6.60. The Hall–Kier alpha value is -2.12. The zero-order chi connectivity index (χ0) is 20.6. The minimum atomic E-state index is 0.165. The smallest absolute Gasteiger partial charge is 0.234 e. The summed E-state index contributed by atoms with van der Waals surface area (Å²) in [5.41, 5.74) is 1.33. The molecule has 2 fully saturated rings. The van der Waals surface area contributed by atoms with Gasteiger partial charge in [-0.2, -0.15) is 0 Å². The molecule has 1 aromatic carbocycles. The van der Waals surface area contributed by atoms with Crippen LogP contribution in [0.2, 0.25) is 0 Å². The highest BCUT2D eigenvalue weighted by Gasteiger charge is 2.26. The molecule has 1 saturated heterocycles. The van der Waals surface area contributed by atoms with E-state index in [1.54, 1.807) is 0 Å². The molecule has 1 aliphatic heterocycles. The van der Waals surface area contributed by atoms with Crippen molar-refractivity contribution >= 4 is 11.9 Å². The molecule has 2 aliphatic rings. The molecule has 160 valence electrons. The molecular weight excluding hydrogens is 364 g/mol. The molecule has 1 amide bonds. The van der Waals surface area contributed by atoms with Gasteiger partial charge < -0.3 is 15.5 Å². The first-order chi connectivity index (χ1) is 14.0. The molecule has 0 bridgehead atoms. The predicted molar refractivity (Wildman–Crippen MR) is 118 cm³/mol. The number of amides is 1. The summed E-state index contributed by atoms with van der Waals surface area (Å²) in [7, 11) is 4.00. The van der Waals surface area contributed by atoms with Crippen LogP contribution in [0, 0.1) is 0 Å². The molecule has 2 N–H and O–H groups in total. The maximum absolute atomic E-state index is 12.0. The van der Waals surface area contributed by atoms with Crippen molar-refractivity contribution in [3.8, 4) is 0 Å². The standard InChI is InChI=1S/C22H36N6O/c1-18(26(3)16-19-7-5-4-6-8-19)15-24-22(23-2)28-13-11-27(12-14-28)17-21(29)25-20-9-10-20/h4-8,18,20H,9-17H2,1-3H3,(H,23,24)(H,25,29). The van der Waals surface area contributed by atoms with Crippen molar-refractivity contribution in [2.75, 3.05) is 53.4 Å². The average molecular weight is 401 g/mol. The number of likely N-dealkylation sites (N-methyl/N-ethyl adjacent to an activating group) is 1. The van der Waals surface area contributed by atoms with Gasteiger partial charge in [0.05, 0.1) is 6.54 Å². The Morgan fingerprint density at radius 2 is 1.90 bits per heavy atom. The van der Waals surface area contributed by atoms with Crippen LogP contribution >= 0.6 is 0 Å². The van der Waals surface area contributed by atoms with Crippen molar-refractivity contribution in [2.45, 2.75) is 38.4 Å². The van der Waals surface area contributed by atoms with Gasteiger partial charge in [0, 0.05) is 58.4 Å². The van der Waals surface area contributed by atoms with Crippen LogP contribution in [0.15, 0.2) is 35.3 Å². The number of carbonyl (C=O) groups excluding carboxylic acids is 1. The fourth-order valence-electron chi connectivity index (χ4n) is 3.58. The average Bonchev–Trinajstić information content (AvgIpc) is 3.54. The first-order valence-electron chi connectivity index (χ1n) is 10.8. The van der Waals surface area contributed by atoms with E-state index in [9.17, 15) is 4.79 Å². The van der Waals surface area contributed by atoms with E-state index in [1.165, 1.54) is 5.56 Å². The number of hydrogen-bond acceptors (Lipinski definition) is 4. The largest absolute Gasteiger partial charge is 0.355 e. The number of rotatable bonds is 8. The SMILES string of the molecule is CN=C(NCC(C)N(C)Cc1ccccc1)N1CCN(CC(=O)NC2CC2)CC1. The highest BCUT2D eigenvalue weighted by molar-refractivity contribution is 5.80. The minimum absolute atomic E-state index is 0.165. The zero-order valence-electron chi connectivity index (χ0n) is 18.1. The van der Waals surface area contributed by atoms with Gasteiger partial charge in [0.1, 0.15) is 0 Å². The van der Waals surface area contributed by atoms with Crippen LogP contribution in [0.5, 0.6) is 0 Å². The molecule has 3 rings (SSSR count). The lowest BCUT2D eigenvalue weighted by Gasteiger charge is -2.36. The van der Waals surface area contributed by atoms with Gasteiger partial charge in [-0.05, 0) is 32.4 Å². The lowest BCUT2D eigenvalue weighted by atomic mass is 10.2. The van der Waals surface area contributed by atoms with Crippen LogP contribution in [0.4, 0.5) is 0 Å². The fourth-order valence-corrected chi connectivity index (χ4v) is 3.58. The number of benzene rings is 1. The second-order valence-electron chi connectivity index (χ2n) is 8.28. The van der Waals surface area contributed by atoms with E-state index in [0.29, 0.717) is 18.6 Å². The van der Waals surface area contributed by atoms with Crippen molar-refractivity contribution in [1.29, 1.82) is 0 Å². The second kappa shape index (κ2) is 10.6. The lowest BCUT2D eigenvalue weighted by molar-refractivity contribution is -0.122. The first-order valence-corrected chi connectivity index (χ1v) is 10.8. The molecule has 7 heteroatoms. The number of nitrogens with one attached hydrogen (secondary N) is 2. The normalized spacial score (nSPS) is 19.3. The molecular formula is C22H36N6O. The van der Waals surface area contributed by atoms with E-state index < -0.39 is 0 Å². The van der Waals surface area contributed by atoms with Crippen LogP contribution in [0.25, 0.3) is 0 Å². The zero-order valence-corrected chi connectivity index (χ0v) is 18.1. The molecule has 1 heterocycles. The highest BCUT2D eigenvalue weighted by Crippen LogP contribution is 2.18. The Bertz CT molecular complexity index is 667. The monoisotopic (exact) mass is 400 g/mol. The van der Waals surface area contributed by atoms with E-state index in [-0.39, 0.29) is 5.91 Å². The van der Waals surface area contributed by atoms with Gasteiger partial charge in [0.2, 0.25) is 5.91 Å². The summed E-state index contributed by atoms with van der Waals surface area (Å²) in [5.74, 6) is 1.12. The van der Waals surface area contributed by atoms with Gasteiger partial charge in [-0.15, -0.1) is 0 Å². The Morgan fingerprint density at radius 3 is 2.52 bits per heavy atom. The van der Waals surface area contributed by atoms with Gasteiger partial charge in [-0.3, -0.25) is 19.6 Å². The molecule has 1 atom stereocenters. The maximum atomic E-state index is 12.0. The second-order valence-corrected chi connectivity index (χ2v) is 8.28. The number of carbonyl (C=O) groups is 1. The molecule has 1 aromatic rings. The quantitative estimate of drug-likeness (QED) is 0.503. The fraction of sp³-hybridized carbons (Fsp3) is 0.636. The molecule has 0 spiro atoms. The minimum Gasteiger partial charge on any atom is -0.355 e. The van der Waals surface area contributed by atoms with E-state index in [1.807, 2.05) is 7.05 Å². The number of piperazine rings is 1. The topological polar surface area (TPSA) is 63.2 Å². The molecule has 1 aliphatic carbocycles. The first kappa shape index (κ1) is 21.6. The van der Waals surface area contributed by atoms with Crippen LogP contribution in [-0.2, 0) is 11.3 Å². The van der Waals surface area contributed by atoms with E-state index in [2.05, 4.69) is 74.6 Å². The van der Waals surface area contributed by atoms with Crippen LogP contribution in [0.3, 0.4) is 0 Å². The summed E-state index contributed by atoms with van der Waals surface area (Å²) in [6.07, 6.45) is 2.28. The third-order valence-electron chi connectivity index (χ3n) is 5.78. The van der Waals surface area contributed by atoms with Crippen LogP contribution < -0.4 is 10.6 Å². The predicted octanol–water partition coefficient (Wildman–Crippen LogP) is 0.979. The Morgan fingerprint density at radius 1 is 1.21 bits per heavy atom. The number of guanidine groups is 1. The van der Waals surface area contributed by atoms with Crippen molar-refractivity contribution in [3.05, 3.63) is 35.9 Å². The molecule has 0 aromatic heterocycles. The lowest BCUT2D eigenvalue weighted by Crippen LogP contribution is -2.55. The summed E-state index contributed by atoms with van der Waals surface area (Å²) in [6.45, 7) is 8.10. The Labute approximate surface area is 175 Å². The van der Waals surface area contributed by atoms with Gasteiger partial charge in [-0.1, -0.05) is 30.3 Å². The van der Waals surface area contributed by atoms with Gasteiger partial charge in [0.15, 0.2) is 5.96 Å². The van der Waals surface area contributed by atoms with E-state index in [4.69, 9.17) is 0 Å². The van der Waals surface area contributed by atoms with Crippen molar-refractivity contribution in [2.24, 2.45) is 4.99 Å². The summed E-state index contributed by atoms with van der Waals surface area (Å²) in [4.78, 5) is 23.4. The number of hydrogen-bond donors (Lipinski definition) is 2. The number of nitrogens with zero attached hydrogens (tertiary/aromatic N) is 4. The molecule has 1 unspecified atom stereocenters. The summed E-state index contributed by atoms with van der Waals surface area (Å²) < 4.78 is 0. The summed E-state index contributed by atoms with van der Waals surface area (Å²) >= 11 is 0. The highest BCUT2D eigenvalue weighted by atomic mass is 16.2. The Balaban J connectivity index is 1.38. The Kier molecular flexibility index (Phi) is 7.89. The summed E-state index contributed by atoms with van der Waals surface area (Å²) in [6, 6.07) is 11.4. The molecule has 0 radical (unpaired) electrons. The van der Waals surface area contributed by atoms with Gasteiger partial charge in [0.25, 0.3) is 0 Å². The third-order valence-corrected chi connectivity index (χ3v) is 5.78.